The number of hydrogen-bond acceptors (Lipinski definition) is 8. The van der Waals surface area contributed by atoms with Crippen molar-refractivity contribution in [1.82, 2.24) is 41.2 Å². The maximum atomic E-state index is 14.2. The molecule has 4 atom stereocenters. The Kier molecular flexibility index (Phi) is 18.9. The molecular formula is C64H70ClFN8O6. The molecule has 14 nitrogen and oxygen atoms in total. The Hall–Kier alpha value is -8.04. The van der Waals surface area contributed by atoms with E-state index in [9.17, 15) is 23.6 Å². The molecule has 0 aliphatic heterocycles. The lowest BCUT2D eigenvalue weighted by Gasteiger charge is -2.35. The van der Waals surface area contributed by atoms with E-state index in [1.807, 2.05) is 97.3 Å². The molecule has 80 heavy (non-hydrogen) atoms. The Morgan fingerprint density at radius 3 is 1.46 bits per heavy atom. The van der Waals surface area contributed by atoms with Crippen molar-refractivity contribution in [3.05, 3.63) is 203 Å². The number of amides is 4. The number of ether oxygens (including phenoxy) is 2. The molecule has 2 fully saturated rings. The zero-order valence-electron chi connectivity index (χ0n) is 45.3. The molecule has 0 saturated heterocycles. The monoisotopic (exact) mass is 1100 g/mol. The Morgan fingerprint density at radius 1 is 0.562 bits per heavy atom. The van der Waals surface area contributed by atoms with Crippen LogP contribution in [0.25, 0.3) is 21.8 Å². The molecule has 10 rings (SSSR count). The second-order valence-corrected chi connectivity index (χ2v) is 22.0. The summed E-state index contributed by atoms with van der Waals surface area (Å²) in [4.78, 5) is 70.1. The third-order valence-electron chi connectivity index (χ3n) is 15.6. The van der Waals surface area contributed by atoms with Crippen molar-refractivity contribution in [2.45, 2.75) is 127 Å². The lowest BCUT2D eigenvalue weighted by Crippen LogP contribution is -2.59. The molecule has 16 heteroatoms. The molecule has 2 aliphatic carbocycles. The third kappa shape index (κ3) is 14.6. The van der Waals surface area contributed by atoms with Crippen LogP contribution in [-0.4, -0.2) is 55.0 Å². The van der Waals surface area contributed by atoms with E-state index in [1.54, 1.807) is 68.7 Å². The summed E-state index contributed by atoms with van der Waals surface area (Å²) in [6.45, 7) is 3.27. The van der Waals surface area contributed by atoms with Gasteiger partial charge in [0.1, 0.15) is 30.1 Å². The van der Waals surface area contributed by atoms with Crippen LogP contribution in [0.2, 0.25) is 5.02 Å². The van der Waals surface area contributed by atoms with Gasteiger partial charge in [0, 0.05) is 70.0 Å². The summed E-state index contributed by atoms with van der Waals surface area (Å²) in [5.74, 6) is -0.538. The Morgan fingerprint density at radius 2 is 1.00 bits per heavy atom. The highest BCUT2D eigenvalue weighted by Gasteiger charge is 2.41. The number of H-pyrrole nitrogens is 2. The van der Waals surface area contributed by atoms with E-state index < -0.39 is 29.1 Å². The van der Waals surface area contributed by atoms with E-state index in [0.29, 0.717) is 5.02 Å². The summed E-state index contributed by atoms with van der Waals surface area (Å²) < 4.78 is 25.0. The summed E-state index contributed by atoms with van der Waals surface area (Å²) in [5.41, 5.74) is 3.77. The quantitative estimate of drug-likeness (QED) is 0.0489. The molecule has 416 valence electrons. The summed E-state index contributed by atoms with van der Waals surface area (Å²) in [6, 6.07) is 39.9. The van der Waals surface area contributed by atoms with Gasteiger partial charge in [-0.1, -0.05) is 129 Å². The maximum absolute atomic E-state index is 14.2. The number of hydrogen-bond donors (Lipinski definition) is 6. The number of benzene rings is 4. The highest BCUT2D eigenvalue weighted by molar-refractivity contribution is 6.30. The zero-order valence-corrected chi connectivity index (χ0v) is 46.1. The minimum Gasteiger partial charge on any atom is -0.445 e. The average Bonchev–Trinajstić information content (AvgIpc) is 4.09. The van der Waals surface area contributed by atoms with Crippen molar-refractivity contribution in [1.29, 1.82) is 0 Å². The number of rotatable bonds is 18. The summed E-state index contributed by atoms with van der Waals surface area (Å²) in [7, 11) is 0. The minimum absolute atomic E-state index is 0.0619. The number of para-hydroxylation sites is 2. The van der Waals surface area contributed by atoms with Gasteiger partial charge in [-0.3, -0.25) is 19.6 Å². The van der Waals surface area contributed by atoms with Gasteiger partial charge < -0.3 is 40.7 Å². The van der Waals surface area contributed by atoms with Gasteiger partial charge in [-0.15, -0.1) is 0 Å². The van der Waals surface area contributed by atoms with Crippen LogP contribution in [0.4, 0.5) is 14.0 Å². The van der Waals surface area contributed by atoms with Crippen LogP contribution in [0.15, 0.2) is 158 Å². The van der Waals surface area contributed by atoms with Crippen LogP contribution >= 0.6 is 11.6 Å². The van der Waals surface area contributed by atoms with Gasteiger partial charge in [0.05, 0.1) is 23.5 Å². The summed E-state index contributed by atoms with van der Waals surface area (Å²) in [6.07, 6.45) is 17.2. The Bertz CT molecular complexity index is 3330. The van der Waals surface area contributed by atoms with Crippen molar-refractivity contribution >= 4 is 57.4 Å². The second-order valence-electron chi connectivity index (χ2n) is 21.6. The van der Waals surface area contributed by atoms with Gasteiger partial charge in [0.15, 0.2) is 0 Å². The van der Waals surface area contributed by atoms with Crippen LogP contribution < -0.4 is 21.3 Å². The van der Waals surface area contributed by atoms with Crippen LogP contribution in [0, 0.1) is 17.7 Å². The largest absolute Gasteiger partial charge is 0.445 e. The minimum atomic E-state index is -1.36. The van der Waals surface area contributed by atoms with E-state index in [4.69, 9.17) is 21.1 Å². The SMILES string of the molecule is C[C@@](Cc1c[nH]c2ccccc12)(NC(=O)OCc1ccc(Cl)cc1)C(=O)NC(c1ccccn1)C1CCCCC1.C[C@@](Cc1c[nH]c2ccccc12)(NC(=O)OCc1ccccc1F)C(=O)NC(c1ccccn1)C1CCCCC1. The number of pyridine rings is 2. The van der Waals surface area contributed by atoms with Crippen molar-refractivity contribution in [2.24, 2.45) is 11.8 Å². The third-order valence-corrected chi connectivity index (χ3v) is 15.9. The number of carbonyl (C=O) groups excluding carboxylic acids is 4. The molecule has 4 amide bonds. The number of fused-ring (bicyclic) bond motifs is 2. The topological polar surface area (TPSA) is 192 Å². The smallest absolute Gasteiger partial charge is 0.408 e. The maximum Gasteiger partial charge on any atom is 0.408 e. The van der Waals surface area contributed by atoms with E-state index in [-0.39, 0.29) is 67.4 Å². The number of aromatic nitrogens is 4. The number of halogens is 2. The highest BCUT2D eigenvalue weighted by atomic mass is 35.5. The summed E-state index contributed by atoms with van der Waals surface area (Å²) >= 11 is 5.98. The van der Waals surface area contributed by atoms with Crippen molar-refractivity contribution in [3.63, 3.8) is 0 Å². The number of aromatic amines is 2. The number of carbonyl (C=O) groups is 4. The Balaban J connectivity index is 0.000000194. The lowest BCUT2D eigenvalue weighted by molar-refractivity contribution is -0.129. The van der Waals surface area contributed by atoms with Gasteiger partial charge in [-0.25, -0.2) is 14.0 Å². The summed E-state index contributed by atoms with van der Waals surface area (Å²) in [5, 5.41) is 14.8. The first-order chi connectivity index (χ1) is 38.8. The first-order valence-corrected chi connectivity index (χ1v) is 28.1. The van der Waals surface area contributed by atoms with E-state index in [1.165, 1.54) is 18.9 Å². The van der Waals surface area contributed by atoms with Gasteiger partial charge in [-0.05, 0) is 123 Å². The average molecular weight is 1100 g/mol. The van der Waals surface area contributed by atoms with Crippen molar-refractivity contribution in [3.8, 4) is 0 Å². The van der Waals surface area contributed by atoms with Gasteiger partial charge >= 0.3 is 12.2 Å². The molecule has 0 bridgehead atoms. The van der Waals surface area contributed by atoms with E-state index >= 15 is 0 Å². The molecule has 2 aliphatic rings. The normalized spacial score (nSPS) is 16.1. The molecule has 4 heterocycles. The molecule has 8 aromatic rings. The van der Waals surface area contributed by atoms with Crippen LogP contribution in [0.5, 0.6) is 0 Å². The molecule has 4 aromatic carbocycles. The van der Waals surface area contributed by atoms with Gasteiger partial charge in [-0.2, -0.15) is 0 Å². The zero-order chi connectivity index (χ0) is 55.9. The fourth-order valence-corrected chi connectivity index (χ4v) is 11.3. The predicted octanol–water partition coefficient (Wildman–Crippen LogP) is 13.2. The van der Waals surface area contributed by atoms with Crippen LogP contribution in [0.1, 0.15) is 124 Å². The number of alkyl carbamates (subject to hydrolysis) is 2. The van der Waals surface area contributed by atoms with Crippen molar-refractivity contribution in [2.75, 3.05) is 0 Å². The number of nitrogens with zero attached hydrogens (tertiary/aromatic N) is 2. The van der Waals surface area contributed by atoms with Crippen LogP contribution in [0.3, 0.4) is 0 Å². The molecule has 0 spiro atoms. The molecule has 2 saturated carbocycles. The molecular weight excluding hydrogens is 1030 g/mol. The Labute approximate surface area is 471 Å². The first-order valence-electron chi connectivity index (χ1n) is 27.8. The highest BCUT2D eigenvalue weighted by Crippen LogP contribution is 2.36. The van der Waals surface area contributed by atoms with Crippen LogP contribution in [-0.2, 0) is 45.1 Å². The fourth-order valence-electron chi connectivity index (χ4n) is 11.2. The van der Waals surface area contributed by atoms with Gasteiger partial charge in [0.25, 0.3) is 0 Å². The standard InChI is InChI=1S/C32H35ClN4O3.C32H35FN4O3/c1-32(19-24-20-35-27-12-6-5-11-26(24)27,37-31(39)40-21-22-14-16-25(33)17-15-22)30(38)36-29(23-9-3-2-4-10-23)28-13-7-8-18-34-28;1-32(19-24-20-35-27-16-8-6-14-25(24)27,37-31(39)40-21-23-13-5-7-15-26(23)33)30(38)36-29(22-11-3-2-4-12-22)28-17-9-10-18-34-28/h5-8,11-18,20,23,29,35H,2-4,9-10,19,21H2,1H3,(H,36,38)(H,37,39);5-10,13-18,20,22,29,35H,2-4,11-12,19,21H2,1H3,(H,36,38)(H,37,39)/t2*29?,32-/m00/s1. The van der Waals surface area contributed by atoms with Gasteiger partial charge in [0.2, 0.25) is 11.8 Å². The second kappa shape index (κ2) is 26.7. The fraction of sp³-hybridized carbons (Fsp3) is 0.344. The lowest BCUT2D eigenvalue weighted by atomic mass is 9.81. The molecule has 6 N–H and O–H groups in total. The number of nitrogens with one attached hydrogen (secondary N) is 6. The molecule has 2 unspecified atom stereocenters. The molecule has 0 radical (unpaired) electrons. The first kappa shape index (κ1) is 56.7. The van der Waals surface area contributed by atoms with Crippen molar-refractivity contribution < 1.29 is 33.0 Å². The predicted molar refractivity (Wildman–Crippen MR) is 309 cm³/mol. The van der Waals surface area contributed by atoms with E-state index in [2.05, 4.69) is 41.2 Å². The van der Waals surface area contributed by atoms with E-state index in [0.717, 1.165) is 101 Å². The molecule has 4 aromatic heterocycles.